The van der Waals surface area contributed by atoms with Crippen LogP contribution in [0.25, 0.3) is 0 Å². The van der Waals surface area contributed by atoms with Gasteiger partial charge in [0.15, 0.2) is 9.84 Å². The summed E-state index contributed by atoms with van der Waals surface area (Å²) in [5.41, 5.74) is 6.51. The maximum absolute atomic E-state index is 11.4. The summed E-state index contributed by atoms with van der Waals surface area (Å²) in [5.74, 6) is 0.419. The molecule has 4 nitrogen and oxygen atoms in total. The number of ether oxygens (including phenoxy) is 1. The number of nitrogens with two attached hydrogens (primary N) is 1. The largest absolute Gasteiger partial charge is 0.490 e. The molecule has 1 aromatic rings. The van der Waals surface area contributed by atoms with Crippen molar-refractivity contribution < 1.29 is 13.2 Å². The van der Waals surface area contributed by atoms with Crippen molar-refractivity contribution in [3.05, 3.63) is 23.8 Å². The van der Waals surface area contributed by atoms with Crippen LogP contribution in [0.5, 0.6) is 5.75 Å². The summed E-state index contributed by atoms with van der Waals surface area (Å²) >= 11 is 0. The van der Waals surface area contributed by atoms with Crippen molar-refractivity contribution in [2.45, 2.75) is 10.9 Å². The fourth-order valence-corrected chi connectivity index (χ4v) is 2.37. The summed E-state index contributed by atoms with van der Waals surface area (Å²) in [7, 11) is -3.23. The molecule has 1 aliphatic rings. The molecule has 1 atom stereocenters. The molecule has 0 bridgehead atoms. The lowest BCUT2D eigenvalue weighted by Gasteiger charge is -2.05. The lowest BCUT2D eigenvalue weighted by atomic mass is 10.1. The Hall–Kier alpha value is -1.07. The summed E-state index contributed by atoms with van der Waals surface area (Å²) in [5, 5.41) is 0. The van der Waals surface area contributed by atoms with Crippen LogP contribution in [-0.2, 0) is 9.84 Å². The van der Waals surface area contributed by atoms with Gasteiger partial charge in [0.2, 0.25) is 0 Å². The molecule has 14 heavy (non-hydrogen) atoms. The molecule has 0 saturated heterocycles. The Balaban J connectivity index is 2.67. The maximum atomic E-state index is 11.4. The van der Waals surface area contributed by atoms with Crippen LogP contribution in [0.1, 0.15) is 11.6 Å². The summed E-state index contributed by atoms with van der Waals surface area (Å²) in [6, 6.07) is 4.80. The van der Waals surface area contributed by atoms with Gasteiger partial charge >= 0.3 is 0 Å². The first-order valence-electron chi connectivity index (χ1n) is 4.21. The molecule has 1 aliphatic heterocycles. The molecule has 5 heteroatoms. The van der Waals surface area contributed by atoms with Crippen LogP contribution in [-0.4, -0.2) is 21.3 Å². The Morgan fingerprint density at radius 3 is 2.86 bits per heavy atom. The molecule has 0 saturated carbocycles. The molecule has 2 rings (SSSR count). The van der Waals surface area contributed by atoms with E-state index in [0.717, 1.165) is 11.8 Å². The van der Waals surface area contributed by atoms with E-state index in [0.29, 0.717) is 12.4 Å². The number of fused-ring (bicyclic) bond motifs is 1. The van der Waals surface area contributed by atoms with Gasteiger partial charge in [-0.25, -0.2) is 8.42 Å². The molecule has 0 aliphatic carbocycles. The van der Waals surface area contributed by atoms with Gasteiger partial charge in [0.1, 0.15) is 17.3 Å². The number of rotatable bonds is 1. The minimum absolute atomic E-state index is 0.216. The minimum Gasteiger partial charge on any atom is -0.490 e. The number of benzene rings is 1. The molecule has 0 unspecified atom stereocenters. The van der Waals surface area contributed by atoms with Gasteiger partial charge in [-0.05, 0) is 6.07 Å². The van der Waals surface area contributed by atoms with Gasteiger partial charge in [-0.3, -0.25) is 0 Å². The fraction of sp³-hybridized carbons (Fsp3) is 0.333. The maximum Gasteiger partial charge on any atom is 0.179 e. The summed E-state index contributed by atoms with van der Waals surface area (Å²) in [4.78, 5) is 0.225. The number of hydrogen-bond donors (Lipinski definition) is 1. The van der Waals surface area contributed by atoms with E-state index in [1.165, 1.54) is 6.07 Å². The average Bonchev–Trinajstić information content (AvgIpc) is 2.46. The van der Waals surface area contributed by atoms with Crippen LogP contribution in [0, 0.1) is 0 Å². The predicted molar refractivity (Wildman–Crippen MR) is 52.0 cm³/mol. The van der Waals surface area contributed by atoms with Crippen molar-refractivity contribution in [1.82, 2.24) is 0 Å². The summed E-state index contributed by atoms with van der Waals surface area (Å²) < 4.78 is 28.0. The van der Waals surface area contributed by atoms with Gasteiger partial charge < -0.3 is 10.5 Å². The minimum atomic E-state index is -3.23. The van der Waals surface area contributed by atoms with Crippen LogP contribution < -0.4 is 10.5 Å². The van der Waals surface area contributed by atoms with Crippen molar-refractivity contribution in [2.24, 2.45) is 5.73 Å². The quantitative estimate of drug-likeness (QED) is 0.736. The second-order valence-electron chi connectivity index (χ2n) is 3.36. The summed E-state index contributed by atoms with van der Waals surface area (Å²) in [6.45, 7) is 0.349. The van der Waals surface area contributed by atoms with Gasteiger partial charge in [-0.1, -0.05) is 12.1 Å². The Morgan fingerprint density at radius 2 is 2.21 bits per heavy atom. The Bertz CT molecular complexity index is 467. The highest BCUT2D eigenvalue weighted by Crippen LogP contribution is 2.36. The van der Waals surface area contributed by atoms with Gasteiger partial charge in [0.25, 0.3) is 0 Å². The third kappa shape index (κ3) is 1.38. The SMILES string of the molecule is CS(=O)(=O)c1cccc2c1OC[C@@H]2N. The Kier molecular flexibility index (Phi) is 2.01. The lowest BCUT2D eigenvalue weighted by Crippen LogP contribution is -2.10. The van der Waals surface area contributed by atoms with E-state index in [9.17, 15) is 8.42 Å². The molecule has 0 aromatic heterocycles. The van der Waals surface area contributed by atoms with Crippen molar-refractivity contribution in [2.75, 3.05) is 12.9 Å². The smallest absolute Gasteiger partial charge is 0.179 e. The molecule has 0 fully saturated rings. The van der Waals surface area contributed by atoms with Crippen LogP contribution in [0.2, 0.25) is 0 Å². The second kappa shape index (κ2) is 2.96. The van der Waals surface area contributed by atoms with Crippen LogP contribution in [0.4, 0.5) is 0 Å². The highest BCUT2D eigenvalue weighted by Gasteiger charge is 2.26. The molecular formula is C9H11NO3S. The molecule has 76 valence electrons. The van der Waals surface area contributed by atoms with Gasteiger partial charge in [-0.15, -0.1) is 0 Å². The molecule has 2 N–H and O–H groups in total. The first kappa shape index (κ1) is 9.48. The predicted octanol–water partition coefficient (Wildman–Crippen LogP) is 0.482. The van der Waals surface area contributed by atoms with E-state index in [-0.39, 0.29) is 10.9 Å². The van der Waals surface area contributed by atoms with Crippen molar-refractivity contribution in [3.63, 3.8) is 0 Å². The molecule has 1 aromatic carbocycles. The Morgan fingerprint density at radius 1 is 1.50 bits per heavy atom. The van der Waals surface area contributed by atoms with E-state index in [1.807, 2.05) is 0 Å². The molecule has 0 radical (unpaired) electrons. The zero-order valence-corrected chi connectivity index (χ0v) is 8.54. The van der Waals surface area contributed by atoms with Gasteiger partial charge in [-0.2, -0.15) is 0 Å². The lowest BCUT2D eigenvalue weighted by molar-refractivity contribution is 0.326. The van der Waals surface area contributed by atoms with E-state index in [2.05, 4.69) is 0 Å². The van der Waals surface area contributed by atoms with Crippen molar-refractivity contribution in [1.29, 1.82) is 0 Å². The van der Waals surface area contributed by atoms with Crippen LogP contribution in [0.3, 0.4) is 0 Å². The third-order valence-electron chi connectivity index (χ3n) is 2.22. The highest BCUT2D eigenvalue weighted by molar-refractivity contribution is 7.90. The monoisotopic (exact) mass is 213 g/mol. The van der Waals surface area contributed by atoms with E-state index in [1.54, 1.807) is 12.1 Å². The van der Waals surface area contributed by atoms with Crippen molar-refractivity contribution >= 4 is 9.84 Å². The standard InChI is InChI=1S/C9H11NO3S/c1-14(11,12)8-4-2-3-6-7(10)5-13-9(6)8/h2-4,7H,5,10H2,1H3/t7-/m0/s1. The van der Waals surface area contributed by atoms with Crippen LogP contribution in [0.15, 0.2) is 23.1 Å². The molecule has 0 spiro atoms. The topological polar surface area (TPSA) is 69.4 Å². The first-order valence-corrected chi connectivity index (χ1v) is 6.10. The molecule has 0 amide bonds. The first-order chi connectivity index (χ1) is 6.50. The molecule has 1 heterocycles. The number of para-hydroxylation sites is 1. The second-order valence-corrected chi connectivity index (χ2v) is 5.35. The van der Waals surface area contributed by atoms with E-state index >= 15 is 0 Å². The van der Waals surface area contributed by atoms with Gasteiger partial charge in [0, 0.05) is 11.8 Å². The van der Waals surface area contributed by atoms with Crippen molar-refractivity contribution in [3.8, 4) is 5.75 Å². The fourth-order valence-electron chi connectivity index (χ4n) is 1.53. The summed E-state index contributed by atoms with van der Waals surface area (Å²) in [6.07, 6.45) is 1.16. The number of hydrogen-bond acceptors (Lipinski definition) is 4. The average molecular weight is 213 g/mol. The van der Waals surface area contributed by atoms with Crippen LogP contribution >= 0.6 is 0 Å². The van der Waals surface area contributed by atoms with E-state index in [4.69, 9.17) is 10.5 Å². The molecular weight excluding hydrogens is 202 g/mol. The normalized spacial score (nSPS) is 20.3. The number of sulfone groups is 1. The van der Waals surface area contributed by atoms with Gasteiger partial charge in [0.05, 0.1) is 6.04 Å². The van der Waals surface area contributed by atoms with E-state index < -0.39 is 9.84 Å². The zero-order chi connectivity index (χ0) is 10.3. The zero-order valence-electron chi connectivity index (χ0n) is 7.73. The Labute approximate surface area is 82.6 Å². The third-order valence-corrected chi connectivity index (χ3v) is 3.34. The highest BCUT2D eigenvalue weighted by atomic mass is 32.2.